The lowest BCUT2D eigenvalue weighted by molar-refractivity contribution is 0.462. The van der Waals surface area contributed by atoms with Crippen LogP contribution in [0.3, 0.4) is 0 Å². The van der Waals surface area contributed by atoms with Crippen LogP contribution in [0.5, 0.6) is 11.6 Å². The van der Waals surface area contributed by atoms with Crippen molar-refractivity contribution in [1.29, 1.82) is 0 Å². The Morgan fingerprint density at radius 1 is 0.905 bits per heavy atom. The van der Waals surface area contributed by atoms with Gasteiger partial charge in [0.15, 0.2) is 10.9 Å². The van der Waals surface area contributed by atoms with E-state index in [1.54, 1.807) is 0 Å². The highest BCUT2D eigenvalue weighted by molar-refractivity contribution is 6.30. The summed E-state index contributed by atoms with van der Waals surface area (Å²) in [6.45, 7) is 5.68. The second-order valence-corrected chi connectivity index (χ2v) is 5.23. The third-order valence-electron chi connectivity index (χ3n) is 3.26. The highest BCUT2D eigenvalue weighted by atomic mass is 35.5. The minimum Gasteiger partial charge on any atom is -0.434 e. The van der Waals surface area contributed by atoms with E-state index in [0.717, 1.165) is 28.0 Å². The second kappa shape index (κ2) is 5.30. The van der Waals surface area contributed by atoms with Gasteiger partial charge in [-0.15, -0.1) is 0 Å². The van der Waals surface area contributed by atoms with Crippen molar-refractivity contribution in [3.8, 4) is 11.6 Å². The number of benzene rings is 1. The lowest BCUT2D eigenvalue weighted by Gasteiger charge is -2.10. The number of rotatable bonds is 2. The van der Waals surface area contributed by atoms with Gasteiger partial charge in [0.2, 0.25) is 0 Å². The van der Waals surface area contributed by atoms with Crippen molar-refractivity contribution in [1.82, 2.24) is 15.0 Å². The first-order valence-electron chi connectivity index (χ1n) is 6.59. The van der Waals surface area contributed by atoms with Crippen molar-refractivity contribution in [3.05, 3.63) is 52.6 Å². The summed E-state index contributed by atoms with van der Waals surface area (Å²) in [6, 6.07) is 9.73. The molecule has 0 N–H and O–H groups in total. The zero-order valence-corrected chi connectivity index (χ0v) is 12.8. The molecule has 2 aromatic heterocycles. The Morgan fingerprint density at radius 3 is 2.48 bits per heavy atom. The van der Waals surface area contributed by atoms with Crippen molar-refractivity contribution in [2.45, 2.75) is 20.8 Å². The molecule has 0 aliphatic heterocycles. The fourth-order valence-corrected chi connectivity index (χ4v) is 2.23. The number of hydrogen-bond acceptors (Lipinski definition) is 4. The summed E-state index contributed by atoms with van der Waals surface area (Å²) in [6.07, 6.45) is 0. The topological polar surface area (TPSA) is 47.9 Å². The normalized spacial score (nSPS) is 10.9. The Labute approximate surface area is 127 Å². The van der Waals surface area contributed by atoms with E-state index < -0.39 is 0 Å². The molecule has 0 spiro atoms. The lowest BCUT2D eigenvalue weighted by Crippen LogP contribution is -1.98. The molecule has 3 aromatic rings. The molecule has 0 saturated heterocycles. The minimum absolute atomic E-state index is 0.253. The summed E-state index contributed by atoms with van der Waals surface area (Å²) in [7, 11) is 0. The molecule has 0 bridgehead atoms. The van der Waals surface area contributed by atoms with Gasteiger partial charge in [0.05, 0.1) is 11.4 Å². The van der Waals surface area contributed by atoms with E-state index >= 15 is 0 Å². The van der Waals surface area contributed by atoms with Gasteiger partial charge in [0.1, 0.15) is 5.52 Å². The van der Waals surface area contributed by atoms with E-state index in [-0.39, 0.29) is 5.15 Å². The zero-order valence-electron chi connectivity index (χ0n) is 12.0. The zero-order chi connectivity index (χ0) is 15.0. The molecule has 1 aromatic carbocycles. The molecule has 106 valence electrons. The Balaban J connectivity index is 2.10. The van der Waals surface area contributed by atoms with Crippen molar-refractivity contribution in [3.63, 3.8) is 0 Å². The number of aromatic nitrogens is 3. The Bertz CT molecular complexity index is 833. The minimum atomic E-state index is 0.253. The fourth-order valence-electron chi connectivity index (χ4n) is 2.02. The Morgan fingerprint density at radius 2 is 1.67 bits per heavy atom. The summed E-state index contributed by atoms with van der Waals surface area (Å²) >= 11 is 6.11. The fraction of sp³-hybridized carbons (Fsp3) is 0.188. The third-order valence-corrected chi connectivity index (χ3v) is 3.51. The first kappa shape index (κ1) is 13.8. The van der Waals surface area contributed by atoms with E-state index in [0.29, 0.717) is 11.6 Å². The van der Waals surface area contributed by atoms with Crippen LogP contribution >= 0.6 is 11.6 Å². The predicted molar refractivity (Wildman–Crippen MR) is 83.1 cm³/mol. The maximum atomic E-state index is 6.11. The molecular weight excluding hydrogens is 286 g/mol. The van der Waals surface area contributed by atoms with Gasteiger partial charge in [-0.3, -0.25) is 0 Å². The molecule has 0 radical (unpaired) electrons. The molecular formula is C16H14ClN3O. The van der Waals surface area contributed by atoms with Crippen molar-refractivity contribution < 1.29 is 4.74 Å². The molecule has 4 nitrogen and oxygen atoms in total. The van der Waals surface area contributed by atoms with Crippen LogP contribution in [0.1, 0.15) is 17.1 Å². The highest BCUT2D eigenvalue weighted by Gasteiger charge is 2.12. The molecule has 3 rings (SSSR count). The number of pyridine rings is 1. The van der Waals surface area contributed by atoms with Crippen LogP contribution in [-0.4, -0.2) is 15.0 Å². The highest BCUT2D eigenvalue weighted by Crippen LogP contribution is 2.31. The smallest absolute Gasteiger partial charge is 0.257 e. The van der Waals surface area contributed by atoms with Crippen molar-refractivity contribution >= 4 is 22.5 Å². The summed E-state index contributed by atoms with van der Waals surface area (Å²) in [4.78, 5) is 13.1. The molecule has 2 heterocycles. The van der Waals surface area contributed by atoms with E-state index in [9.17, 15) is 0 Å². The molecule has 0 amide bonds. The van der Waals surface area contributed by atoms with Crippen LogP contribution in [-0.2, 0) is 0 Å². The molecule has 0 atom stereocenters. The summed E-state index contributed by atoms with van der Waals surface area (Å²) in [5, 5.41) is 1.26. The number of ether oxygens (including phenoxy) is 1. The second-order valence-electron chi connectivity index (χ2n) is 4.87. The maximum Gasteiger partial charge on any atom is 0.257 e. The maximum absolute atomic E-state index is 6.11. The molecule has 0 unspecified atom stereocenters. The van der Waals surface area contributed by atoms with E-state index in [1.165, 1.54) is 0 Å². The quantitative estimate of drug-likeness (QED) is 0.704. The predicted octanol–water partition coefficient (Wildman–Crippen LogP) is 4.40. The molecule has 0 aliphatic rings. The summed E-state index contributed by atoms with van der Waals surface area (Å²) < 4.78 is 5.85. The average molecular weight is 300 g/mol. The average Bonchev–Trinajstić information content (AvgIpc) is 2.45. The van der Waals surface area contributed by atoms with Crippen LogP contribution in [0.2, 0.25) is 5.15 Å². The van der Waals surface area contributed by atoms with Crippen LogP contribution < -0.4 is 4.74 Å². The largest absolute Gasteiger partial charge is 0.434 e. The first-order valence-corrected chi connectivity index (χ1v) is 6.97. The SMILES string of the molecule is Cc1ccc2cccc(Oc3nc(C)c(C)nc3Cl)c2n1. The molecule has 5 heteroatoms. The summed E-state index contributed by atoms with van der Waals surface area (Å²) in [5.41, 5.74) is 3.29. The number of para-hydroxylation sites is 1. The molecule has 21 heavy (non-hydrogen) atoms. The van der Waals surface area contributed by atoms with Gasteiger partial charge in [0, 0.05) is 11.1 Å². The van der Waals surface area contributed by atoms with Crippen molar-refractivity contribution in [2.75, 3.05) is 0 Å². The first-order chi connectivity index (χ1) is 10.0. The number of fused-ring (bicyclic) bond motifs is 1. The Hall–Kier alpha value is -2.20. The van der Waals surface area contributed by atoms with Crippen LogP contribution in [0, 0.1) is 20.8 Å². The van der Waals surface area contributed by atoms with Gasteiger partial charge in [-0.05, 0) is 32.9 Å². The number of aryl methyl sites for hydroxylation is 3. The van der Waals surface area contributed by atoms with Gasteiger partial charge in [-0.25, -0.2) is 15.0 Å². The number of halogens is 1. The van der Waals surface area contributed by atoms with Gasteiger partial charge in [-0.2, -0.15) is 0 Å². The van der Waals surface area contributed by atoms with E-state index in [1.807, 2.05) is 51.1 Å². The molecule has 0 saturated carbocycles. The van der Waals surface area contributed by atoms with Gasteiger partial charge >= 0.3 is 0 Å². The number of hydrogen-bond donors (Lipinski definition) is 0. The third kappa shape index (κ3) is 2.67. The van der Waals surface area contributed by atoms with Gasteiger partial charge < -0.3 is 4.74 Å². The van der Waals surface area contributed by atoms with Crippen LogP contribution in [0.25, 0.3) is 10.9 Å². The van der Waals surface area contributed by atoms with Crippen LogP contribution in [0.4, 0.5) is 0 Å². The summed E-state index contributed by atoms with van der Waals surface area (Å²) in [5.74, 6) is 0.922. The van der Waals surface area contributed by atoms with E-state index in [4.69, 9.17) is 16.3 Å². The monoisotopic (exact) mass is 299 g/mol. The Kier molecular flexibility index (Phi) is 3.47. The van der Waals surface area contributed by atoms with Gasteiger partial charge in [0.25, 0.3) is 5.88 Å². The van der Waals surface area contributed by atoms with Gasteiger partial charge in [-0.1, -0.05) is 29.8 Å². The van der Waals surface area contributed by atoms with Crippen LogP contribution in [0.15, 0.2) is 30.3 Å². The molecule has 0 fully saturated rings. The lowest BCUT2D eigenvalue weighted by atomic mass is 10.2. The molecule has 0 aliphatic carbocycles. The van der Waals surface area contributed by atoms with Crippen molar-refractivity contribution in [2.24, 2.45) is 0 Å². The van der Waals surface area contributed by atoms with E-state index in [2.05, 4.69) is 15.0 Å². The standard InChI is InChI=1S/C16H14ClN3O/c1-9-7-8-12-5-4-6-13(14(12)18-9)21-16-15(17)19-10(2)11(3)20-16/h4-8H,1-3H3. The number of nitrogens with zero attached hydrogens (tertiary/aromatic N) is 3.